The lowest BCUT2D eigenvalue weighted by molar-refractivity contribution is -0.124. The van der Waals surface area contributed by atoms with Gasteiger partial charge in [-0.1, -0.05) is 0 Å². The highest BCUT2D eigenvalue weighted by Crippen LogP contribution is 2.30. The van der Waals surface area contributed by atoms with Gasteiger partial charge < -0.3 is 10.2 Å². The number of thiazole rings is 1. The van der Waals surface area contributed by atoms with Crippen LogP contribution in [0.3, 0.4) is 0 Å². The average Bonchev–Trinajstić information content (AvgIpc) is 3.00. The molecule has 0 saturated heterocycles. The number of Topliss-reactive ketones (excluding diaryl/α,β-unsaturated/α-hetero) is 1. The Morgan fingerprint density at radius 3 is 2.91 bits per heavy atom. The highest BCUT2D eigenvalue weighted by Gasteiger charge is 2.37. The molecule has 3 rings (SSSR count). The summed E-state index contributed by atoms with van der Waals surface area (Å²) >= 11 is 1.20. The number of rotatable bonds is 2. The standard InChI is InChI=1S/C15H12FN3O3S/c1-19-11-3-2-8(16)6-9(11)13(21)10(7-12(19)20)14(22)18-15-17-4-5-23-15/h2-6,10H,7H2,1H3,(H,17,18,22). The average molecular weight is 333 g/mol. The Balaban J connectivity index is 1.97. The van der Waals surface area contributed by atoms with E-state index in [1.807, 2.05) is 0 Å². The van der Waals surface area contributed by atoms with Gasteiger partial charge in [-0.25, -0.2) is 9.37 Å². The third kappa shape index (κ3) is 2.85. The molecular weight excluding hydrogens is 321 g/mol. The van der Waals surface area contributed by atoms with Gasteiger partial charge in [-0.3, -0.25) is 14.4 Å². The molecule has 0 radical (unpaired) electrons. The first-order valence-electron chi connectivity index (χ1n) is 6.78. The molecule has 0 saturated carbocycles. The van der Waals surface area contributed by atoms with Crippen molar-refractivity contribution in [2.45, 2.75) is 6.42 Å². The monoisotopic (exact) mass is 333 g/mol. The van der Waals surface area contributed by atoms with Crippen molar-refractivity contribution in [2.24, 2.45) is 5.92 Å². The number of benzene rings is 1. The van der Waals surface area contributed by atoms with Crippen molar-refractivity contribution in [3.63, 3.8) is 0 Å². The van der Waals surface area contributed by atoms with Crippen LogP contribution in [-0.4, -0.2) is 29.6 Å². The van der Waals surface area contributed by atoms with Gasteiger partial charge in [-0.05, 0) is 18.2 Å². The summed E-state index contributed by atoms with van der Waals surface area (Å²) in [5, 5.41) is 4.53. The van der Waals surface area contributed by atoms with Crippen LogP contribution in [0, 0.1) is 11.7 Å². The molecule has 2 amide bonds. The number of halogens is 1. The fourth-order valence-corrected chi connectivity index (χ4v) is 2.95. The van der Waals surface area contributed by atoms with Crippen molar-refractivity contribution in [3.05, 3.63) is 41.2 Å². The van der Waals surface area contributed by atoms with Crippen LogP contribution < -0.4 is 10.2 Å². The predicted molar refractivity (Wildman–Crippen MR) is 83.0 cm³/mol. The lowest BCUT2D eigenvalue weighted by Gasteiger charge is -2.16. The maximum Gasteiger partial charge on any atom is 0.237 e. The van der Waals surface area contributed by atoms with Crippen molar-refractivity contribution in [1.29, 1.82) is 0 Å². The fourth-order valence-electron chi connectivity index (χ4n) is 2.41. The zero-order valence-corrected chi connectivity index (χ0v) is 12.9. The first-order valence-corrected chi connectivity index (χ1v) is 7.66. The van der Waals surface area contributed by atoms with Gasteiger partial charge in [0.15, 0.2) is 10.9 Å². The molecule has 1 atom stereocenters. The zero-order chi connectivity index (χ0) is 16.6. The molecule has 1 unspecified atom stereocenters. The molecule has 0 aliphatic carbocycles. The van der Waals surface area contributed by atoms with E-state index in [9.17, 15) is 18.8 Å². The third-order valence-corrected chi connectivity index (χ3v) is 4.32. The molecular formula is C15H12FN3O3S. The SMILES string of the molecule is CN1C(=O)CC(C(=O)Nc2nccs2)C(=O)c2cc(F)ccc21. The lowest BCUT2D eigenvalue weighted by Crippen LogP contribution is -2.32. The van der Waals surface area contributed by atoms with Crippen LogP contribution in [0.15, 0.2) is 29.8 Å². The number of anilines is 2. The van der Waals surface area contributed by atoms with Gasteiger partial charge >= 0.3 is 0 Å². The summed E-state index contributed by atoms with van der Waals surface area (Å²) < 4.78 is 13.5. The summed E-state index contributed by atoms with van der Waals surface area (Å²) in [5.41, 5.74) is 0.323. The second-order valence-electron chi connectivity index (χ2n) is 5.06. The van der Waals surface area contributed by atoms with E-state index in [1.54, 1.807) is 5.38 Å². The van der Waals surface area contributed by atoms with Gasteiger partial charge in [0.2, 0.25) is 11.8 Å². The Labute approximate surface area is 134 Å². The summed E-state index contributed by atoms with van der Waals surface area (Å²) in [4.78, 5) is 42.4. The summed E-state index contributed by atoms with van der Waals surface area (Å²) in [5.74, 6) is -3.39. The predicted octanol–water partition coefficient (Wildman–Crippen LogP) is 2.09. The van der Waals surface area contributed by atoms with E-state index in [4.69, 9.17) is 0 Å². The van der Waals surface area contributed by atoms with Crippen molar-refractivity contribution < 1.29 is 18.8 Å². The highest BCUT2D eigenvalue weighted by molar-refractivity contribution is 7.13. The Hall–Kier alpha value is -2.61. The largest absolute Gasteiger partial charge is 0.315 e. The third-order valence-electron chi connectivity index (χ3n) is 3.63. The molecule has 1 aliphatic heterocycles. The van der Waals surface area contributed by atoms with Gasteiger partial charge in [0.1, 0.15) is 11.7 Å². The molecule has 8 heteroatoms. The quantitative estimate of drug-likeness (QED) is 0.854. The minimum atomic E-state index is -1.21. The van der Waals surface area contributed by atoms with Crippen LogP contribution in [0.5, 0.6) is 0 Å². The number of fused-ring (bicyclic) bond motifs is 1. The summed E-state index contributed by atoms with van der Waals surface area (Å²) in [6.07, 6.45) is 1.24. The first kappa shape index (κ1) is 15.3. The number of amides is 2. The van der Waals surface area contributed by atoms with E-state index in [-0.39, 0.29) is 17.9 Å². The zero-order valence-electron chi connectivity index (χ0n) is 12.1. The van der Waals surface area contributed by atoms with Gasteiger partial charge in [-0.15, -0.1) is 11.3 Å². The molecule has 118 valence electrons. The Morgan fingerprint density at radius 1 is 1.43 bits per heavy atom. The number of hydrogen-bond donors (Lipinski definition) is 1. The van der Waals surface area contributed by atoms with Crippen molar-refractivity contribution in [1.82, 2.24) is 4.98 Å². The van der Waals surface area contributed by atoms with Crippen LogP contribution in [-0.2, 0) is 9.59 Å². The molecule has 0 bridgehead atoms. The van der Waals surface area contributed by atoms with Crippen molar-refractivity contribution in [2.75, 3.05) is 17.3 Å². The Kier molecular flexibility index (Phi) is 3.91. The number of hydrogen-bond acceptors (Lipinski definition) is 5. The number of carbonyl (C=O) groups excluding carboxylic acids is 3. The van der Waals surface area contributed by atoms with Gasteiger partial charge in [0.05, 0.1) is 5.69 Å². The van der Waals surface area contributed by atoms with Crippen molar-refractivity contribution >= 4 is 39.8 Å². The molecule has 2 aromatic rings. The van der Waals surface area contributed by atoms with E-state index in [0.717, 1.165) is 6.07 Å². The molecule has 0 fully saturated rings. The van der Waals surface area contributed by atoms with Gasteiger partial charge in [0, 0.05) is 30.6 Å². The normalized spacial score (nSPS) is 17.7. The maximum absolute atomic E-state index is 13.5. The smallest absolute Gasteiger partial charge is 0.237 e. The van der Waals surface area contributed by atoms with Crippen LogP contribution in [0.2, 0.25) is 0 Å². The lowest BCUT2D eigenvalue weighted by atomic mass is 9.94. The number of nitrogens with one attached hydrogen (secondary N) is 1. The molecule has 1 aromatic heterocycles. The van der Waals surface area contributed by atoms with E-state index >= 15 is 0 Å². The number of ketones is 1. The van der Waals surface area contributed by atoms with E-state index in [0.29, 0.717) is 10.8 Å². The molecule has 1 aliphatic rings. The molecule has 23 heavy (non-hydrogen) atoms. The van der Waals surface area contributed by atoms with E-state index in [1.165, 1.54) is 41.6 Å². The van der Waals surface area contributed by atoms with Crippen LogP contribution in [0.25, 0.3) is 0 Å². The van der Waals surface area contributed by atoms with Gasteiger partial charge in [-0.2, -0.15) is 0 Å². The Morgan fingerprint density at radius 2 is 2.22 bits per heavy atom. The molecule has 1 aromatic carbocycles. The van der Waals surface area contributed by atoms with E-state index in [2.05, 4.69) is 10.3 Å². The van der Waals surface area contributed by atoms with Crippen LogP contribution >= 0.6 is 11.3 Å². The minimum absolute atomic E-state index is 0.0256. The topological polar surface area (TPSA) is 79.4 Å². The molecule has 6 nitrogen and oxygen atoms in total. The first-order chi connectivity index (χ1) is 11.0. The summed E-state index contributed by atoms with van der Waals surface area (Å²) in [7, 11) is 1.49. The van der Waals surface area contributed by atoms with Crippen LogP contribution in [0.1, 0.15) is 16.8 Å². The van der Waals surface area contributed by atoms with E-state index < -0.39 is 23.4 Å². The number of nitrogens with zero attached hydrogens (tertiary/aromatic N) is 2. The highest BCUT2D eigenvalue weighted by atomic mass is 32.1. The summed E-state index contributed by atoms with van der Waals surface area (Å²) in [6, 6.07) is 3.59. The number of carbonyl (C=O) groups is 3. The number of aromatic nitrogens is 1. The molecule has 2 heterocycles. The summed E-state index contributed by atoms with van der Waals surface area (Å²) in [6.45, 7) is 0. The Bertz CT molecular complexity index is 791. The van der Waals surface area contributed by atoms with Gasteiger partial charge in [0.25, 0.3) is 0 Å². The minimum Gasteiger partial charge on any atom is -0.315 e. The molecule has 1 N–H and O–H groups in total. The molecule has 0 spiro atoms. The van der Waals surface area contributed by atoms with Crippen LogP contribution in [0.4, 0.5) is 15.2 Å². The fraction of sp³-hybridized carbons (Fsp3) is 0.200. The second kappa shape index (κ2) is 5.88. The second-order valence-corrected chi connectivity index (χ2v) is 5.96. The van der Waals surface area contributed by atoms with Crippen molar-refractivity contribution in [3.8, 4) is 0 Å². The maximum atomic E-state index is 13.5.